The van der Waals surface area contributed by atoms with Crippen LogP contribution in [0, 0.1) is 5.92 Å². The summed E-state index contributed by atoms with van der Waals surface area (Å²) in [5.41, 5.74) is 0. The van der Waals surface area contributed by atoms with Gasteiger partial charge in [0.2, 0.25) is 0 Å². The molecule has 0 fully saturated rings. The van der Waals surface area contributed by atoms with Crippen LogP contribution < -0.4 is 0 Å². The van der Waals surface area contributed by atoms with Crippen LogP contribution in [-0.4, -0.2) is 19.0 Å². The van der Waals surface area contributed by atoms with Gasteiger partial charge in [-0.3, -0.25) is 0 Å². The van der Waals surface area contributed by atoms with E-state index in [1.54, 1.807) is 0 Å². The van der Waals surface area contributed by atoms with Crippen LogP contribution in [0.15, 0.2) is 0 Å². The van der Waals surface area contributed by atoms with Crippen molar-refractivity contribution in [1.29, 1.82) is 0 Å². The molecule has 54 valence electrons. The molecule has 0 aliphatic rings. The van der Waals surface area contributed by atoms with Gasteiger partial charge in [0, 0.05) is 0 Å². The summed E-state index contributed by atoms with van der Waals surface area (Å²) in [7, 11) is 0. The SMILES string of the molecule is CC(C)C(C)OCC=O. The van der Waals surface area contributed by atoms with Crippen LogP contribution in [-0.2, 0) is 9.53 Å². The molecule has 0 heterocycles. The van der Waals surface area contributed by atoms with Crippen LogP contribution in [0.25, 0.3) is 0 Å². The Morgan fingerprint density at radius 3 is 2.33 bits per heavy atom. The maximum atomic E-state index is 9.81. The Morgan fingerprint density at radius 1 is 1.44 bits per heavy atom. The second-order valence-electron chi connectivity index (χ2n) is 2.45. The topological polar surface area (TPSA) is 26.3 Å². The summed E-state index contributed by atoms with van der Waals surface area (Å²) in [5.74, 6) is 0.491. The first-order valence-corrected chi connectivity index (χ1v) is 3.23. The Morgan fingerprint density at radius 2 is 2.00 bits per heavy atom. The van der Waals surface area contributed by atoms with E-state index < -0.39 is 0 Å². The molecule has 0 aromatic rings. The Balaban J connectivity index is 3.26. The fourth-order valence-electron chi connectivity index (χ4n) is 0.384. The Bertz CT molecular complexity index is 79.0. The minimum Gasteiger partial charge on any atom is -0.371 e. The molecule has 1 atom stereocenters. The highest BCUT2D eigenvalue weighted by molar-refractivity contribution is 5.50. The summed E-state index contributed by atoms with van der Waals surface area (Å²) in [6.45, 7) is 6.32. The van der Waals surface area contributed by atoms with E-state index in [-0.39, 0.29) is 12.7 Å². The third-order valence-corrected chi connectivity index (χ3v) is 1.37. The maximum Gasteiger partial charge on any atom is 0.145 e. The summed E-state index contributed by atoms with van der Waals surface area (Å²) in [6.07, 6.45) is 0.967. The number of aldehydes is 1. The van der Waals surface area contributed by atoms with Crippen molar-refractivity contribution in [2.75, 3.05) is 6.61 Å². The standard InChI is InChI=1S/C7H14O2/c1-6(2)7(3)9-5-4-8/h4,6-7H,5H2,1-3H3. The van der Waals surface area contributed by atoms with Crippen molar-refractivity contribution in [2.45, 2.75) is 26.9 Å². The fourth-order valence-corrected chi connectivity index (χ4v) is 0.384. The second kappa shape index (κ2) is 4.50. The minimum absolute atomic E-state index is 0.190. The van der Waals surface area contributed by atoms with E-state index in [2.05, 4.69) is 13.8 Å². The molecule has 0 rings (SSSR count). The predicted octanol–water partition coefficient (Wildman–Crippen LogP) is 1.25. The summed E-state index contributed by atoms with van der Waals surface area (Å²) < 4.78 is 5.08. The average molecular weight is 130 g/mol. The molecule has 0 aromatic carbocycles. The van der Waals surface area contributed by atoms with Crippen molar-refractivity contribution in [3.05, 3.63) is 0 Å². The van der Waals surface area contributed by atoms with Gasteiger partial charge >= 0.3 is 0 Å². The van der Waals surface area contributed by atoms with E-state index in [4.69, 9.17) is 4.74 Å². The molecular weight excluding hydrogens is 116 g/mol. The molecule has 2 heteroatoms. The third kappa shape index (κ3) is 4.15. The third-order valence-electron chi connectivity index (χ3n) is 1.37. The van der Waals surface area contributed by atoms with E-state index in [1.165, 1.54) is 0 Å². The van der Waals surface area contributed by atoms with E-state index >= 15 is 0 Å². The molecule has 0 N–H and O–H groups in total. The highest BCUT2D eigenvalue weighted by Crippen LogP contribution is 2.03. The van der Waals surface area contributed by atoms with Crippen molar-refractivity contribution in [2.24, 2.45) is 5.92 Å². The van der Waals surface area contributed by atoms with Gasteiger partial charge in [-0.2, -0.15) is 0 Å². The van der Waals surface area contributed by atoms with Crippen LogP contribution in [0.2, 0.25) is 0 Å². The molecule has 0 saturated heterocycles. The average Bonchev–Trinajstić information content (AvgIpc) is 1.82. The van der Waals surface area contributed by atoms with Crippen LogP contribution in [0.4, 0.5) is 0 Å². The lowest BCUT2D eigenvalue weighted by Crippen LogP contribution is -2.16. The number of carbonyl (C=O) groups excluding carboxylic acids is 1. The Labute approximate surface area is 56.2 Å². The molecular formula is C7H14O2. The highest BCUT2D eigenvalue weighted by Gasteiger charge is 2.04. The van der Waals surface area contributed by atoms with Gasteiger partial charge in [0.05, 0.1) is 6.10 Å². The lowest BCUT2D eigenvalue weighted by atomic mass is 10.1. The van der Waals surface area contributed by atoms with Crippen molar-refractivity contribution in [1.82, 2.24) is 0 Å². The van der Waals surface area contributed by atoms with Gasteiger partial charge in [-0.15, -0.1) is 0 Å². The zero-order valence-electron chi connectivity index (χ0n) is 6.26. The van der Waals surface area contributed by atoms with Crippen molar-refractivity contribution < 1.29 is 9.53 Å². The zero-order valence-corrected chi connectivity index (χ0v) is 6.26. The van der Waals surface area contributed by atoms with E-state index in [9.17, 15) is 4.79 Å². The number of carbonyl (C=O) groups is 1. The first kappa shape index (κ1) is 8.63. The summed E-state index contributed by atoms with van der Waals surface area (Å²) in [4.78, 5) is 9.81. The van der Waals surface area contributed by atoms with Gasteiger partial charge in [0.25, 0.3) is 0 Å². The Hall–Kier alpha value is -0.370. The molecule has 0 radical (unpaired) electrons. The smallest absolute Gasteiger partial charge is 0.145 e. The highest BCUT2D eigenvalue weighted by atomic mass is 16.5. The fraction of sp³-hybridized carbons (Fsp3) is 0.857. The van der Waals surface area contributed by atoms with Gasteiger partial charge in [-0.05, 0) is 12.8 Å². The lowest BCUT2D eigenvalue weighted by Gasteiger charge is -2.13. The molecule has 0 aromatic heterocycles. The predicted molar refractivity (Wildman–Crippen MR) is 36.3 cm³/mol. The number of rotatable bonds is 4. The quantitative estimate of drug-likeness (QED) is 0.535. The zero-order chi connectivity index (χ0) is 7.28. The van der Waals surface area contributed by atoms with Gasteiger partial charge < -0.3 is 9.53 Å². The van der Waals surface area contributed by atoms with Gasteiger partial charge in [0.1, 0.15) is 12.9 Å². The van der Waals surface area contributed by atoms with Gasteiger partial charge in [0.15, 0.2) is 0 Å². The van der Waals surface area contributed by atoms with Gasteiger partial charge in [-0.1, -0.05) is 13.8 Å². The first-order valence-electron chi connectivity index (χ1n) is 3.23. The monoisotopic (exact) mass is 130 g/mol. The van der Waals surface area contributed by atoms with Crippen LogP contribution >= 0.6 is 0 Å². The minimum atomic E-state index is 0.190. The molecule has 0 amide bonds. The first-order chi connectivity index (χ1) is 4.18. The van der Waals surface area contributed by atoms with Crippen molar-refractivity contribution in [3.63, 3.8) is 0 Å². The summed E-state index contributed by atoms with van der Waals surface area (Å²) in [5, 5.41) is 0. The summed E-state index contributed by atoms with van der Waals surface area (Å²) in [6, 6.07) is 0. The molecule has 0 spiro atoms. The van der Waals surface area contributed by atoms with Gasteiger partial charge in [-0.25, -0.2) is 0 Å². The number of hydrogen-bond donors (Lipinski definition) is 0. The van der Waals surface area contributed by atoms with Crippen LogP contribution in [0.5, 0.6) is 0 Å². The van der Waals surface area contributed by atoms with E-state index in [1.807, 2.05) is 6.92 Å². The molecule has 0 aliphatic carbocycles. The van der Waals surface area contributed by atoms with Crippen LogP contribution in [0.1, 0.15) is 20.8 Å². The number of hydrogen-bond acceptors (Lipinski definition) is 2. The molecule has 2 nitrogen and oxygen atoms in total. The van der Waals surface area contributed by atoms with E-state index in [0.717, 1.165) is 6.29 Å². The van der Waals surface area contributed by atoms with E-state index in [0.29, 0.717) is 5.92 Å². The molecule has 0 aliphatic heterocycles. The molecule has 0 bridgehead atoms. The largest absolute Gasteiger partial charge is 0.371 e. The van der Waals surface area contributed by atoms with Crippen LogP contribution in [0.3, 0.4) is 0 Å². The Kier molecular flexibility index (Phi) is 4.32. The lowest BCUT2D eigenvalue weighted by molar-refractivity contribution is -0.114. The molecule has 9 heavy (non-hydrogen) atoms. The second-order valence-corrected chi connectivity index (χ2v) is 2.45. The van der Waals surface area contributed by atoms with Crippen molar-refractivity contribution >= 4 is 6.29 Å². The van der Waals surface area contributed by atoms with Crippen molar-refractivity contribution in [3.8, 4) is 0 Å². The molecule has 1 unspecified atom stereocenters. The molecule has 0 saturated carbocycles. The maximum absolute atomic E-state index is 9.81. The number of ether oxygens (including phenoxy) is 1. The summed E-state index contributed by atoms with van der Waals surface area (Å²) >= 11 is 0. The normalized spacial score (nSPS) is 13.8.